The smallest absolute Gasteiger partial charge is 0.356 e. The molecule has 0 saturated heterocycles. The minimum Gasteiger partial charge on any atom is -0.464 e. The van der Waals surface area contributed by atoms with Crippen molar-refractivity contribution in [2.24, 2.45) is 0 Å². The maximum Gasteiger partial charge on any atom is 0.356 e. The minimum atomic E-state index is -0.503. The van der Waals surface area contributed by atoms with Gasteiger partial charge in [0.1, 0.15) is 5.69 Å². The number of pyridine rings is 1. The Hall–Kier alpha value is -3.22. The third kappa shape index (κ3) is 2.21. The number of aromatic amines is 1. The summed E-state index contributed by atoms with van der Waals surface area (Å²) in [5, 5.41) is 10.9. The number of anilines is 1. The molecule has 1 aliphatic rings. The summed E-state index contributed by atoms with van der Waals surface area (Å²) < 4.78 is 4.73. The van der Waals surface area contributed by atoms with Crippen molar-refractivity contribution in [1.29, 1.82) is 0 Å². The number of H-pyrrole nitrogens is 1. The van der Waals surface area contributed by atoms with Crippen LogP contribution in [-0.4, -0.2) is 34.2 Å². The standard InChI is InChI=1S/C17H14N4O3/c1-24-17(23)13-4-2-3-11(19-13)10-7-14(22)20-12-6-5-9-8-18-21-16(9)15(10)12/h2-6,8,10H,7H2,1H3,(H,18,21)(H,20,22). The number of carbonyl (C=O) groups excluding carboxylic acids is 2. The van der Waals surface area contributed by atoms with E-state index in [0.717, 1.165) is 22.2 Å². The van der Waals surface area contributed by atoms with E-state index in [-0.39, 0.29) is 23.9 Å². The zero-order valence-electron chi connectivity index (χ0n) is 12.9. The molecule has 1 unspecified atom stereocenters. The monoisotopic (exact) mass is 322 g/mol. The third-order valence-electron chi connectivity index (χ3n) is 4.19. The van der Waals surface area contributed by atoms with Crippen LogP contribution in [0.3, 0.4) is 0 Å². The van der Waals surface area contributed by atoms with Crippen molar-refractivity contribution < 1.29 is 14.3 Å². The number of benzene rings is 1. The van der Waals surface area contributed by atoms with E-state index in [1.807, 2.05) is 18.2 Å². The first-order chi connectivity index (χ1) is 11.7. The van der Waals surface area contributed by atoms with Gasteiger partial charge in [-0.2, -0.15) is 5.10 Å². The van der Waals surface area contributed by atoms with Crippen LogP contribution in [0.25, 0.3) is 10.9 Å². The van der Waals surface area contributed by atoms with E-state index in [0.29, 0.717) is 5.69 Å². The van der Waals surface area contributed by atoms with Crippen LogP contribution in [0.5, 0.6) is 0 Å². The predicted octanol–water partition coefficient (Wildman–Crippen LogP) is 2.22. The Kier molecular flexibility index (Phi) is 3.26. The number of rotatable bonds is 2. The van der Waals surface area contributed by atoms with Crippen molar-refractivity contribution in [3.63, 3.8) is 0 Å². The molecule has 0 radical (unpaired) electrons. The molecular formula is C17H14N4O3. The van der Waals surface area contributed by atoms with E-state index >= 15 is 0 Å². The molecule has 2 N–H and O–H groups in total. The zero-order valence-corrected chi connectivity index (χ0v) is 12.9. The molecule has 0 spiro atoms. The van der Waals surface area contributed by atoms with Gasteiger partial charge in [0.05, 0.1) is 18.8 Å². The minimum absolute atomic E-state index is 0.0864. The third-order valence-corrected chi connectivity index (χ3v) is 4.19. The maximum absolute atomic E-state index is 12.1. The van der Waals surface area contributed by atoms with Gasteiger partial charge in [0, 0.05) is 34.7 Å². The summed E-state index contributed by atoms with van der Waals surface area (Å²) in [5.74, 6) is -0.851. The predicted molar refractivity (Wildman–Crippen MR) is 86.8 cm³/mol. The molecule has 0 bridgehead atoms. The van der Waals surface area contributed by atoms with E-state index < -0.39 is 5.97 Å². The Labute approximate surface area is 137 Å². The number of amides is 1. The van der Waals surface area contributed by atoms with Gasteiger partial charge >= 0.3 is 5.97 Å². The van der Waals surface area contributed by atoms with Gasteiger partial charge in [-0.15, -0.1) is 0 Å². The fourth-order valence-corrected chi connectivity index (χ4v) is 3.11. The van der Waals surface area contributed by atoms with Gasteiger partial charge in [-0.25, -0.2) is 9.78 Å². The number of hydrogen-bond donors (Lipinski definition) is 2. The second-order valence-corrected chi connectivity index (χ2v) is 5.61. The van der Waals surface area contributed by atoms with Gasteiger partial charge in [-0.3, -0.25) is 9.89 Å². The number of carbonyl (C=O) groups is 2. The van der Waals surface area contributed by atoms with Crippen LogP contribution in [-0.2, 0) is 9.53 Å². The molecule has 4 rings (SSSR count). The number of aromatic nitrogens is 3. The molecular weight excluding hydrogens is 308 g/mol. The van der Waals surface area contributed by atoms with Crippen molar-refractivity contribution in [3.8, 4) is 0 Å². The second kappa shape index (κ2) is 5.45. The summed E-state index contributed by atoms with van der Waals surface area (Å²) in [6.07, 6.45) is 1.99. The summed E-state index contributed by atoms with van der Waals surface area (Å²) in [4.78, 5) is 28.3. The quantitative estimate of drug-likeness (QED) is 0.705. The lowest BCUT2D eigenvalue weighted by molar-refractivity contribution is -0.116. The molecule has 0 aliphatic carbocycles. The normalized spacial score (nSPS) is 16.5. The number of ether oxygens (including phenoxy) is 1. The maximum atomic E-state index is 12.1. The van der Waals surface area contributed by atoms with Gasteiger partial charge in [0.25, 0.3) is 0 Å². The average Bonchev–Trinajstić information content (AvgIpc) is 3.09. The van der Waals surface area contributed by atoms with Crippen LogP contribution in [0.1, 0.15) is 34.1 Å². The largest absolute Gasteiger partial charge is 0.464 e. The SMILES string of the molecule is COC(=O)c1cccc(C2CC(=O)Nc3ccc4cn[nH]c4c32)n1. The number of nitrogens with one attached hydrogen (secondary N) is 2. The van der Waals surface area contributed by atoms with Crippen LogP contribution in [0.15, 0.2) is 36.5 Å². The highest BCUT2D eigenvalue weighted by molar-refractivity contribution is 6.00. The van der Waals surface area contributed by atoms with Crippen molar-refractivity contribution in [2.75, 3.05) is 12.4 Å². The summed E-state index contributed by atoms with van der Waals surface area (Å²) in [5.41, 5.74) is 3.40. The molecule has 1 aromatic carbocycles. The summed E-state index contributed by atoms with van der Waals surface area (Å²) >= 11 is 0. The molecule has 3 aromatic rings. The Morgan fingerprint density at radius 1 is 1.29 bits per heavy atom. The molecule has 24 heavy (non-hydrogen) atoms. The van der Waals surface area contributed by atoms with Crippen LogP contribution >= 0.6 is 0 Å². The summed E-state index contributed by atoms with van der Waals surface area (Å²) in [6, 6.07) is 8.92. The van der Waals surface area contributed by atoms with E-state index in [1.54, 1.807) is 18.3 Å². The van der Waals surface area contributed by atoms with Crippen molar-refractivity contribution in [1.82, 2.24) is 15.2 Å². The molecule has 0 fully saturated rings. The number of esters is 1. The van der Waals surface area contributed by atoms with E-state index in [9.17, 15) is 9.59 Å². The number of fused-ring (bicyclic) bond motifs is 3. The lowest BCUT2D eigenvalue weighted by Gasteiger charge is -2.26. The molecule has 1 aliphatic heterocycles. The molecule has 0 saturated carbocycles. The molecule has 120 valence electrons. The highest BCUT2D eigenvalue weighted by Crippen LogP contribution is 2.40. The number of nitrogens with zero attached hydrogens (tertiary/aromatic N) is 2. The van der Waals surface area contributed by atoms with Gasteiger partial charge in [0.2, 0.25) is 5.91 Å². The van der Waals surface area contributed by atoms with Crippen LogP contribution in [0, 0.1) is 0 Å². The van der Waals surface area contributed by atoms with Gasteiger partial charge in [0.15, 0.2) is 0 Å². The molecule has 1 atom stereocenters. The first-order valence-electron chi connectivity index (χ1n) is 7.48. The molecule has 7 heteroatoms. The van der Waals surface area contributed by atoms with E-state index in [1.165, 1.54) is 7.11 Å². The highest BCUT2D eigenvalue weighted by atomic mass is 16.5. The van der Waals surface area contributed by atoms with E-state index in [2.05, 4.69) is 20.5 Å². The highest BCUT2D eigenvalue weighted by Gasteiger charge is 2.30. The van der Waals surface area contributed by atoms with E-state index in [4.69, 9.17) is 4.74 Å². The Balaban J connectivity index is 1.89. The lowest BCUT2D eigenvalue weighted by Crippen LogP contribution is -2.24. The fraction of sp³-hybridized carbons (Fsp3) is 0.176. The first kappa shape index (κ1) is 14.4. The Morgan fingerprint density at radius 2 is 2.17 bits per heavy atom. The Bertz CT molecular complexity index is 963. The average molecular weight is 322 g/mol. The molecule has 1 amide bonds. The fourth-order valence-electron chi connectivity index (χ4n) is 3.11. The number of methoxy groups -OCH3 is 1. The number of hydrogen-bond acceptors (Lipinski definition) is 5. The van der Waals surface area contributed by atoms with Crippen LogP contribution in [0.4, 0.5) is 5.69 Å². The van der Waals surface area contributed by atoms with Crippen LogP contribution in [0.2, 0.25) is 0 Å². The lowest BCUT2D eigenvalue weighted by atomic mass is 9.86. The van der Waals surface area contributed by atoms with Crippen molar-refractivity contribution >= 4 is 28.5 Å². The second-order valence-electron chi connectivity index (χ2n) is 5.61. The topological polar surface area (TPSA) is 97.0 Å². The molecule has 7 nitrogen and oxygen atoms in total. The van der Waals surface area contributed by atoms with Crippen molar-refractivity contribution in [2.45, 2.75) is 12.3 Å². The van der Waals surface area contributed by atoms with Gasteiger partial charge in [-0.05, 0) is 24.3 Å². The molecule has 3 heterocycles. The van der Waals surface area contributed by atoms with Gasteiger partial charge < -0.3 is 10.1 Å². The molecule has 2 aromatic heterocycles. The van der Waals surface area contributed by atoms with Gasteiger partial charge in [-0.1, -0.05) is 6.07 Å². The van der Waals surface area contributed by atoms with Crippen LogP contribution < -0.4 is 5.32 Å². The zero-order chi connectivity index (χ0) is 16.7. The first-order valence-corrected chi connectivity index (χ1v) is 7.48. The summed E-state index contributed by atoms with van der Waals surface area (Å²) in [6.45, 7) is 0. The van der Waals surface area contributed by atoms with Crippen molar-refractivity contribution in [3.05, 3.63) is 53.5 Å². The Morgan fingerprint density at radius 3 is 3.00 bits per heavy atom. The summed E-state index contributed by atoms with van der Waals surface area (Å²) in [7, 11) is 1.31.